The third-order valence-corrected chi connectivity index (χ3v) is 6.28. The Morgan fingerprint density at radius 1 is 1.18 bits per heavy atom. The normalized spacial score (nSPS) is 14.9. The van der Waals surface area contributed by atoms with Crippen molar-refractivity contribution in [1.82, 2.24) is 5.32 Å². The minimum Gasteiger partial charge on any atom is -0.462 e. The molecular weight excluding hydrogens is 388 g/mol. The summed E-state index contributed by atoms with van der Waals surface area (Å²) in [5.74, 6) is -0.314. The van der Waals surface area contributed by atoms with Crippen LogP contribution in [0.3, 0.4) is 0 Å². The molecule has 6 heteroatoms. The minimum absolute atomic E-state index is 0.314. The first-order valence-electron chi connectivity index (χ1n) is 10.0. The quantitative estimate of drug-likeness (QED) is 0.360. The fraction of sp³-hybridized carbons (Fsp3) is 0.455. The van der Waals surface area contributed by atoms with Gasteiger partial charge in [-0.25, -0.2) is 4.79 Å². The first-order chi connectivity index (χ1) is 13.6. The Hall–Kier alpha value is -1.92. The molecule has 150 valence electrons. The molecule has 3 rings (SSSR count). The molecule has 28 heavy (non-hydrogen) atoms. The molecule has 0 bridgehead atoms. The first-order valence-corrected chi connectivity index (χ1v) is 11.3. The van der Waals surface area contributed by atoms with Crippen LogP contribution in [0.15, 0.2) is 30.3 Å². The van der Waals surface area contributed by atoms with Crippen LogP contribution < -0.4 is 10.6 Å². The van der Waals surface area contributed by atoms with E-state index in [4.69, 9.17) is 17.0 Å². The molecule has 0 atom stereocenters. The van der Waals surface area contributed by atoms with Crippen LogP contribution in [0.25, 0.3) is 11.1 Å². The van der Waals surface area contributed by atoms with Gasteiger partial charge < -0.3 is 15.4 Å². The van der Waals surface area contributed by atoms with Crippen molar-refractivity contribution >= 4 is 39.6 Å². The van der Waals surface area contributed by atoms with Gasteiger partial charge in [0.15, 0.2) is 5.11 Å². The zero-order valence-electron chi connectivity index (χ0n) is 16.5. The number of aryl methyl sites for hydroxylation is 1. The number of rotatable bonds is 5. The number of carbonyl (C=O) groups excluding carboxylic acids is 1. The molecule has 0 spiro atoms. The molecule has 0 saturated heterocycles. The van der Waals surface area contributed by atoms with Crippen LogP contribution in [0, 0.1) is 6.92 Å². The van der Waals surface area contributed by atoms with E-state index in [-0.39, 0.29) is 5.97 Å². The van der Waals surface area contributed by atoms with Crippen molar-refractivity contribution in [1.29, 1.82) is 0 Å². The van der Waals surface area contributed by atoms with Gasteiger partial charge in [-0.05, 0) is 44.5 Å². The Morgan fingerprint density at radius 2 is 1.86 bits per heavy atom. The van der Waals surface area contributed by atoms with E-state index in [1.807, 2.05) is 44.2 Å². The summed E-state index contributed by atoms with van der Waals surface area (Å²) in [7, 11) is 0. The summed E-state index contributed by atoms with van der Waals surface area (Å²) < 4.78 is 5.36. The number of thiocarbonyl (C=S) groups is 1. The second kappa shape index (κ2) is 10.0. The number of benzene rings is 1. The van der Waals surface area contributed by atoms with E-state index >= 15 is 0 Å². The molecule has 1 aliphatic rings. The SMILES string of the molecule is CCOC(=O)c1c(NC(=S)NC2CCCCCC2)sc(C)c1-c1ccccc1. The van der Waals surface area contributed by atoms with Crippen LogP contribution in [-0.2, 0) is 4.74 Å². The Bertz CT molecular complexity index is 809. The van der Waals surface area contributed by atoms with Gasteiger partial charge in [0.2, 0.25) is 0 Å². The van der Waals surface area contributed by atoms with Gasteiger partial charge in [0.1, 0.15) is 10.6 Å². The van der Waals surface area contributed by atoms with Crippen LogP contribution in [0.5, 0.6) is 0 Å². The number of hydrogen-bond donors (Lipinski definition) is 2. The van der Waals surface area contributed by atoms with Crippen molar-refractivity contribution in [2.24, 2.45) is 0 Å². The Kier molecular flexibility index (Phi) is 7.45. The molecule has 1 heterocycles. The van der Waals surface area contributed by atoms with Crippen LogP contribution in [-0.4, -0.2) is 23.7 Å². The van der Waals surface area contributed by atoms with E-state index in [9.17, 15) is 4.79 Å². The van der Waals surface area contributed by atoms with Crippen molar-refractivity contribution in [3.8, 4) is 11.1 Å². The van der Waals surface area contributed by atoms with Crippen molar-refractivity contribution in [3.63, 3.8) is 0 Å². The lowest BCUT2D eigenvalue weighted by Crippen LogP contribution is -2.37. The highest BCUT2D eigenvalue weighted by Gasteiger charge is 2.25. The number of thiophene rings is 1. The predicted octanol–water partition coefficient (Wildman–Crippen LogP) is 5.91. The summed E-state index contributed by atoms with van der Waals surface area (Å²) >= 11 is 7.12. The Balaban J connectivity index is 1.85. The highest BCUT2D eigenvalue weighted by molar-refractivity contribution is 7.80. The Morgan fingerprint density at radius 3 is 2.50 bits per heavy atom. The topological polar surface area (TPSA) is 50.4 Å². The van der Waals surface area contributed by atoms with Crippen molar-refractivity contribution in [2.45, 2.75) is 58.4 Å². The minimum atomic E-state index is -0.314. The fourth-order valence-corrected chi connectivity index (χ4v) is 5.13. The summed E-state index contributed by atoms with van der Waals surface area (Å²) in [6.45, 7) is 4.19. The predicted molar refractivity (Wildman–Crippen MR) is 121 cm³/mol. The lowest BCUT2D eigenvalue weighted by Gasteiger charge is -2.19. The lowest BCUT2D eigenvalue weighted by molar-refractivity contribution is 0.0529. The van der Waals surface area contributed by atoms with E-state index in [2.05, 4.69) is 10.6 Å². The molecule has 2 aromatic rings. The molecule has 1 aromatic carbocycles. The molecule has 1 saturated carbocycles. The van der Waals surface area contributed by atoms with Crippen molar-refractivity contribution in [2.75, 3.05) is 11.9 Å². The van der Waals surface area contributed by atoms with Gasteiger partial charge in [0.05, 0.1) is 6.61 Å². The number of anilines is 1. The van der Waals surface area contributed by atoms with Crippen molar-refractivity contribution < 1.29 is 9.53 Å². The molecule has 0 unspecified atom stereocenters. The molecular formula is C22H28N2O2S2. The third kappa shape index (κ3) is 5.11. The number of hydrogen-bond acceptors (Lipinski definition) is 4. The lowest BCUT2D eigenvalue weighted by atomic mass is 10.0. The van der Waals surface area contributed by atoms with E-state index in [1.165, 1.54) is 25.7 Å². The standard InChI is InChI=1S/C22H28N2O2S2/c1-3-26-21(25)19-18(16-11-7-6-8-12-16)15(2)28-20(19)24-22(27)23-17-13-9-4-5-10-14-17/h6-8,11-12,17H,3-5,9-10,13-14H2,1-2H3,(H2,23,24,27). The number of esters is 1. The van der Waals surface area contributed by atoms with Crippen LogP contribution in [0.4, 0.5) is 5.00 Å². The maximum absolute atomic E-state index is 12.8. The largest absolute Gasteiger partial charge is 0.462 e. The number of carbonyl (C=O) groups is 1. The van der Waals surface area contributed by atoms with Crippen LogP contribution in [0.1, 0.15) is 60.7 Å². The van der Waals surface area contributed by atoms with Crippen molar-refractivity contribution in [3.05, 3.63) is 40.8 Å². The number of ether oxygens (including phenoxy) is 1. The second-order valence-electron chi connectivity index (χ2n) is 7.11. The van der Waals surface area contributed by atoms with Gasteiger partial charge in [-0.3, -0.25) is 0 Å². The maximum Gasteiger partial charge on any atom is 0.341 e. The summed E-state index contributed by atoms with van der Waals surface area (Å²) in [6, 6.07) is 10.4. The smallest absolute Gasteiger partial charge is 0.341 e. The molecule has 1 aromatic heterocycles. The summed E-state index contributed by atoms with van der Waals surface area (Å²) in [4.78, 5) is 13.8. The summed E-state index contributed by atoms with van der Waals surface area (Å²) in [5.41, 5.74) is 2.50. The fourth-order valence-electron chi connectivity index (χ4n) is 3.73. The monoisotopic (exact) mass is 416 g/mol. The second-order valence-corrected chi connectivity index (χ2v) is 8.74. The van der Waals surface area contributed by atoms with Gasteiger partial charge >= 0.3 is 5.97 Å². The third-order valence-electron chi connectivity index (χ3n) is 5.04. The zero-order valence-corrected chi connectivity index (χ0v) is 18.2. The summed E-state index contributed by atoms with van der Waals surface area (Å²) in [5, 5.41) is 8.07. The van der Waals surface area contributed by atoms with Gasteiger partial charge in [-0.1, -0.05) is 56.0 Å². The van der Waals surface area contributed by atoms with E-state index < -0.39 is 0 Å². The molecule has 1 fully saturated rings. The highest BCUT2D eigenvalue weighted by atomic mass is 32.1. The zero-order chi connectivity index (χ0) is 19.9. The molecule has 0 amide bonds. The summed E-state index contributed by atoms with van der Waals surface area (Å²) in [6.07, 6.45) is 7.37. The Labute approximate surface area is 176 Å². The maximum atomic E-state index is 12.8. The van der Waals surface area contributed by atoms with E-state index in [0.717, 1.165) is 33.8 Å². The average Bonchev–Trinajstić information content (AvgIpc) is 2.83. The molecule has 0 aliphatic heterocycles. The molecule has 4 nitrogen and oxygen atoms in total. The molecule has 2 N–H and O–H groups in total. The molecule has 1 aliphatic carbocycles. The van der Waals surface area contributed by atoms with Crippen LogP contribution in [0.2, 0.25) is 0 Å². The van der Waals surface area contributed by atoms with E-state index in [0.29, 0.717) is 23.3 Å². The van der Waals surface area contributed by atoms with Gasteiger partial charge in [0, 0.05) is 16.5 Å². The van der Waals surface area contributed by atoms with Gasteiger partial charge in [-0.15, -0.1) is 11.3 Å². The first kappa shape index (κ1) is 20.8. The van der Waals surface area contributed by atoms with E-state index in [1.54, 1.807) is 11.3 Å². The highest BCUT2D eigenvalue weighted by Crippen LogP contribution is 2.40. The number of nitrogens with one attached hydrogen (secondary N) is 2. The average molecular weight is 417 g/mol. The molecule has 0 radical (unpaired) electrons. The van der Waals surface area contributed by atoms with Gasteiger partial charge in [-0.2, -0.15) is 0 Å². The van der Waals surface area contributed by atoms with Gasteiger partial charge in [0.25, 0.3) is 0 Å². The van der Waals surface area contributed by atoms with Crippen LogP contribution >= 0.6 is 23.6 Å².